The Morgan fingerprint density at radius 2 is 2.25 bits per heavy atom. The van der Waals surface area contributed by atoms with Crippen LogP contribution >= 0.6 is 0 Å². The second-order valence-corrected chi connectivity index (χ2v) is 3.88. The van der Waals surface area contributed by atoms with Crippen molar-refractivity contribution in [2.45, 2.75) is 6.42 Å². The summed E-state index contributed by atoms with van der Waals surface area (Å²) in [4.78, 5) is 25.2. The number of methoxy groups -OCH3 is 1. The van der Waals surface area contributed by atoms with E-state index in [0.717, 1.165) is 0 Å². The average Bonchev–Trinajstić information content (AvgIpc) is 2.38. The van der Waals surface area contributed by atoms with Crippen LogP contribution in [0.4, 0.5) is 17.3 Å². The molecule has 1 aromatic rings. The van der Waals surface area contributed by atoms with Gasteiger partial charge in [-0.05, 0) is 6.07 Å². The first-order chi connectivity index (χ1) is 9.54. The van der Waals surface area contributed by atoms with E-state index in [1.54, 1.807) is 7.11 Å². The summed E-state index contributed by atoms with van der Waals surface area (Å²) < 4.78 is 4.80. The number of ether oxygens (including phenoxy) is 1. The van der Waals surface area contributed by atoms with Gasteiger partial charge in [0.05, 0.1) is 11.5 Å². The first kappa shape index (κ1) is 15.6. The molecule has 4 N–H and O–H groups in total. The molecule has 0 fully saturated rings. The first-order valence-electron chi connectivity index (χ1n) is 5.95. The van der Waals surface area contributed by atoms with E-state index in [0.29, 0.717) is 25.5 Å². The molecule has 0 aliphatic carbocycles. The third-order valence-electron chi connectivity index (χ3n) is 2.39. The number of carbonyl (C=O) groups excluding carboxylic acids is 1. The number of amides is 1. The van der Waals surface area contributed by atoms with E-state index >= 15 is 0 Å². The van der Waals surface area contributed by atoms with Crippen LogP contribution in [-0.4, -0.2) is 42.6 Å². The van der Waals surface area contributed by atoms with E-state index in [1.165, 1.54) is 12.1 Å². The fourth-order valence-electron chi connectivity index (χ4n) is 1.41. The molecule has 0 aliphatic heterocycles. The van der Waals surface area contributed by atoms with Crippen LogP contribution in [-0.2, 0) is 9.53 Å². The van der Waals surface area contributed by atoms with E-state index < -0.39 is 4.92 Å². The van der Waals surface area contributed by atoms with Crippen molar-refractivity contribution in [2.24, 2.45) is 0 Å². The largest absolute Gasteiger partial charge is 0.383 e. The molecule has 0 atom stereocenters. The maximum Gasteiger partial charge on any atom is 0.311 e. The number of pyridine rings is 1. The fourth-order valence-corrected chi connectivity index (χ4v) is 1.41. The quantitative estimate of drug-likeness (QED) is 0.351. The molecule has 0 aliphatic rings. The zero-order valence-electron chi connectivity index (χ0n) is 11.1. The maximum absolute atomic E-state index is 11.4. The summed E-state index contributed by atoms with van der Waals surface area (Å²) in [5.41, 5.74) is 5.21. The van der Waals surface area contributed by atoms with Crippen molar-refractivity contribution in [3.05, 3.63) is 22.2 Å². The maximum atomic E-state index is 11.4. The highest BCUT2D eigenvalue weighted by molar-refractivity contribution is 5.76. The molecule has 110 valence electrons. The Balaban J connectivity index is 2.37. The van der Waals surface area contributed by atoms with Gasteiger partial charge in [-0.2, -0.15) is 0 Å². The normalized spacial score (nSPS) is 10.1. The Labute approximate surface area is 115 Å². The number of nitrogens with one attached hydrogen (secondary N) is 2. The lowest BCUT2D eigenvalue weighted by Crippen LogP contribution is -2.28. The number of hydrogen-bond donors (Lipinski definition) is 3. The third kappa shape index (κ3) is 5.06. The van der Waals surface area contributed by atoms with E-state index in [2.05, 4.69) is 15.6 Å². The summed E-state index contributed by atoms with van der Waals surface area (Å²) in [5, 5.41) is 16.1. The summed E-state index contributed by atoms with van der Waals surface area (Å²) in [7, 11) is 1.55. The molecular weight excluding hydrogens is 266 g/mol. The number of aromatic nitrogens is 1. The van der Waals surface area contributed by atoms with Crippen LogP contribution in [0.2, 0.25) is 0 Å². The van der Waals surface area contributed by atoms with Crippen molar-refractivity contribution < 1.29 is 14.5 Å². The number of carbonyl (C=O) groups is 1. The minimum absolute atomic E-state index is 0.121. The SMILES string of the molecule is COCCNC(=O)CCNc1ccc([N+](=O)[O-])c(N)n1. The van der Waals surface area contributed by atoms with Gasteiger partial charge < -0.3 is 21.1 Å². The van der Waals surface area contributed by atoms with Gasteiger partial charge in [0.25, 0.3) is 0 Å². The second kappa shape index (κ2) is 7.89. The van der Waals surface area contributed by atoms with Gasteiger partial charge in [-0.3, -0.25) is 14.9 Å². The minimum Gasteiger partial charge on any atom is -0.383 e. The Morgan fingerprint density at radius 3 is 2.85 bits per heavy atom. The number of hydrogen-bond acceptors (Lipinski definition) is 7. The third-order valence-corrected chi connectivity index (χ3v) is 2.39. The van der Waals surface area contributed by atoms with Gasteiger partial charge in [0.2, 0.25) is 11.7 Å². The molecule has 1 rings (SSSR count). The molecule has 1 aromatic heterocycles. The Bertz CT molecular complexity index is 480. The molecule has 0 saturated carbocycles. The Morgan fingerprint density at radius 1 is 1.50 bits per heavy atom. The summed E-state index contributed by atoms with van der Waals surface area (Å²) in [5.74, 6) is 0.103. The number of nitrogens with zero attached hydrogens (tertiary/aromatic N) is 2. The number of nitrogen functional groups attached to an aromatic ring is 1. The van der Waals surface area contributed by atoms with Crippen molar-refractivity contribution >= 4 is 23.2 Å². The summed E-state index contributed by atoms with van der Waals surface area (Å²) >= 11 is 0. The molecule has 0 saturated heterocycles. The van der Waals surface area contributed by atoms with E-state index in [9.17, 15) is 14.9 Å². The van der Waals surface area contributed by atoms with Gasteiger partial charge in [0.15, 0.2) is 0 Å². The second-order valence-electron chi connectivity index (χ2n) is 3.88. The number of nitro groups is 1. The predicted octanol–water partition coefficient (Wildman–Crippen LogP) is 0.137. The van der Waals surface area contributed by atoms with E-state index in [4.69, 9.17) is 10.5 Å². The highest BCUT2D eigenvalue weighted by atomic mass is 16.6. The zero-order valence-corrected chi connectivity index (χ0v) is 11.1. The Hall–Kier alpha value is -2.42. The summed E-state index contributed by atoms with van der Waals surface area (Å²) in [6.07, 6.45) is 0.252. The molecule has 1 amide bonds. The number of rotatable bonds is 8. The molecule has 9 heteroatoms. The molecule has 20 heavy (non-hydrogen) atoms. The smallest absolute Gasteiger partial charge is 0.311 e. The average molecular weight is 283 g/mol. The molecule has 0 aromatic carbocycles. The molecule has 9 nitrogen and oxygen atoms in total. The van der Waals surface area contributed by atoms with Gasteiger partial charge in [-0.1, -0.05) is 0 Å². The van der Waals surface area contributed by atoms with Crippen LogP contribution in [0.25, 0.3) is 0 Å². The van der Waals surface area contributed by atoms with Crippen LogP contribution in [0.1, 0.15) is 6.42 Å². The van der Waals surface area contributed by atoms with Crippen molar-refractivity contribution in [2.75, 3.05) is 37.9 Å². The lowest BCUT2D eigenvalue weighted by molar-refractivity contribution is -0.384. The predicted molar refractivity (Wildman–Crippen MR) is 73.3 cm³/mol. The zero-order chi connectivity index (χ0) is 15.0. The van der Waals surface area contributed by atoms with Gasteiger partial charge in [-0.25, -0.2) is 4.98 Å². The van der Waals surface area contributed by atoms with Gasteiger partial charge >= 0.3 is 5.69 Å². The number of nitrogens with two attached hydrogens (primary N) is 1. The highest BCUT2D eigenvalue weighted by Crippen LogP contribution is 2.20. The van der Waals surface area contributed by atoms with Crippen LogP contribution in [0.3, 0.4) is 0 Å². The van der Waals surface area contributed by atoms with Crippen LogP contribution in [0.15, 0.2) is 12.1 Å². The molecular formula is C11H17N5O4. The van der Waals surface area contributed by atoms with Crippen LogP contribution in [0.5, 0.6) is 0 Å². The van der Waals surface area contributed by atoms with E-state index in [1.807, 2.05) is 0 Å². The molecule has 1 heterocycles. The minimum atomic E-state index is -0.602. The van der Waals surface area contributed by atoms with Crippen LogP contribution < -0.4 is 16.4 Å². The van der Waals surface area contributed by atoms with Crippen molar-refractivity contribution in [1.82, 2.24) is 10.3 Å². The highest BCUT2D eigenvalue weighted by Gasteiger charge is 2.12. The van der Waals surface area contributed by atoms with Crippen molar-refractivity contribution in [1.29, 1.82) is 0 Å². The lowest BCUT2D eigenvalue weighted by Gasteiger charge is -2.07. The fraction of sp³-hybridized carbons (Fsp3) is 0.455. The lowest BCUT2D eigenvalue weighted by atomic mass is 10.3. The standard InChI is InChI=1S/C11H17N5O4/c1-20-7-6-14-10(17)4-5-13-9-3-2-8(16(18)19)11(12)15-9/h2-3H,4-7H2,1H3,(H,14,17)(H3,12,13,15). The Kier molecular flexibility index (Phi) is 6.17. The first-order valence-corrected chi connectivity index (χ1v) is 5.95. The van der Waals surface area contributed by atoms with E-state index in [-0.39, 0.29) is 23.8 Å². The van der Waals surface area contributed by atoms with Crippen LogP contribution in [0, 0.1) is 10.1 Å². The molecule has 0 spiro atoms. The van der Waals surface area contributed by atoms with Crippen molar-refractivity contribution in [3.8, 4) is 0 Å². The van der Waals surface area contributed by atoms with Crippen molar-refractivity contribution in [3.63, 3.8) is 0 Å². The summed E-state index contributed by atoms with van der Waals surface area (Å²) in [6, 6.07) is 2.71. The number of anilines is 2. The molecule has 0 unspecified atom stereocenters. The van der Waals surface area contributed by atoms with Gasteiger partial charge in [-0.15, -0.1) is 0 Å². The summed E-state index contributed by atoms with van der Waals surface area (Å²) in [6.45, 7) is 1.26. The van der Waals surface area contributed by atoms with Gasteiger partial charge in [0.1, 0.15) is 5.82 Å². The topological polar surface area (TPSA) is 132 Å². The molecule has 0 radical (unpaired) electrons. The van der Waals surface area contributed by atoms with Gasteiger partial charge in [0, 0.05) is 32.7 Å². The molecule has 0 bridgehead atoms. The monoisotopic (exact) mass is 283 g/mol.